The molecule has 3 rings (SSSR count). The van der Waals surface area contributed by atoms with Crippen molar-refractivity contribution in [3.63, 3.8) is 0 Å². The van der Waals surface area contributed by atoms with Crippen LogP contribution < -0.4 is 5.32 Å². The minimum absolute atomic E-state index is 0.173. The van der Waals surface area contributed by atoms with Crippen molar-refractivity contribution in [3.8, 4) is 11.3 Å². The van der Waals surface area contributed by atoms with Crippen LogP contribution in [0, 0.1) is 0 Å². The van der Waals surface area contributed by atoms with Crippen molar-refractivity contribution in [2.24, 2.45) is 7.05 Å². The van der Waals surface area contributed by atoms with E-state index in [1.54, 1.807) is 60.4 Å². The lowest BCUT2D eigenvalue weighted by atomic mass is 10.2. The maximum atomic E-state index is 13.1. The average molecular weight is 391 g/mol. The van der Waals surface area contributed by atoms with Gasteiger partial charge in [0.25, 0.3) is 0 Å². The number of carbonyl (C=O) groups is 1. The lowest BCUT2D eigenvalue weighted by Gasteiger charge is -2.06. The quantitative estimate of drug-likeness (QED) is 0.722. The molecule has 0 spiro atoms. The molecule has 0 atom stereocenters. The number of alkyl carbamates (subject to hydrolysis) is 1. The highest BCUT2D eigenvalue weighted by Crippen LogP contribution is 2.38. The van der Waals surface area contributed by atoms with E-state index in [1.165, 1.54) is 7.11 Å². The Morgan fingerprint density at radius 1 is 1.27 bits per heavy atom. The van der Waals surface area contributed by atoms with Gasteiger partial charge in [0.1, 0.15) is 4.21 Å². The van der Waals surface area contributed by atoms with Crippen LogP contribution in [0.1, 0.15) is 4.88 Å². The molecule has 1 amide bonds. The maximum Gasteiger partial charge on any atom is 0.407 e. The number of methoxy groups -OCH3 is 1. The van der Waals surface area contributed by atoms with Gasteiger partial charge in [0.2, 0.25) is 9.84 Å². The Kier molecular flexibility index (Phi) is 5.10. The van der Waals surface area contributed by atoms with E-state index in [1.807, 2.05) is 0 Å². The zero-order valence-corrected chi connectivity index (χ0v) is 15.8. The molecule has 0 fully saturated rings. The molecule has 1 N–H and O–H groups in total. The van der Waals surface area contributed by atoms with Gasteiger partial charge in [-0.15, -0.1) is 11.3 Å². The van der Waals surface area contributed by atoms with Crippen LogP contribution in [0.5, 0.6) is 0 Å². The molecule has 2 aromatic heterocycles. The fourth-order valence-corrected chi connectivity index (χ4v) is 5.53. The van der Waals surface area contributed by atoms with Crippen molar-refractivity contribution in [2.75, 3.05) is 7.11 Å². The fourth-order valence-electron chi connectivity index (χ4n) is 2.46. The third kappa shape index (κ3) is 3.49. The minimum Gasteiger partial charge on any atom is -0.453 e. The highest BCUT2D eigenvalue weighted by molar-refractivity contribution is 7.93. The second-order valence-corrected chi connectivity index (χ2v) is 8.70. The summed E-state index contributed by atoms with van der Waals surface area (Å²) in [5.41, 5.74) is 1.24. The molecular formula is C17H17N3O4S2. The molecule has 0 aliphatic carbocycles. The summed E-state index contributed by atoms with van der Waals surface area (Å²) >= 11 is 1.12. The molecule has 3 aromatic rings. The van der Waals surface area contributed by atoms with Crippen molar-refractivity contribution in [1.29, 1.82) is 0 Å². The van der Waals surface area contributed by atoms with Gasteiger partial charge in [0.15, 0.2) is 0 Å². The summed E-state index contributed by atoms with van der Waals surface area (Å²) in [4.78, 5) is 12.2. The largest absolute Gasteiger partial charge is 0.453 e. The summed E-state index contributed by atoms with van der Waals surface area (Å²) in [6, 6.07) is 11.8. The van der Waals surface area contributed by atoms with E-state index in [-0.39, 0.29) is 15.6 Å². The highest BCUT2D eigenvalue weighted by atomic mass is 32.2. The Balaban J connectivity index is 2.09. The van der Waals surface area contributed by atoms with E-state index in [4.69, 9.17) is 0 Å². The van der Waals surface area contributed by atoms with Crippen molar-refractivity contribution < 1.29 is 17.9 Å². The summed E-state index contributed by atoms with van der Waals surface area (Å²) < 4.78 is 32.7. The average Bonchev–Trinajstić information content (AvgIpc) is 3.26. The molecule has 0 unspecified atom stereocenters. The second-order valence-electron chi connectivity index (χ2n) is 5.42. The monoisotopic (exact) mass is 391 g/mol. The van der Waals surface area contributed by atoms with Crippen molar-refractivity contribution in [2.45, 2.75) is 15.6 Å². The molecule has 9 heteroatoms. The molecule has 0 aliphatic heterocycles. The van der Waals surface area contributed by atoms with Gasteiger partial charge in [-0.1, -0.05) is 18.2 Å². The third-order valence-electron chi connectivity index (χ3n) is 3.74. The van der Waals surface area contributed by atoms with Crippen LogP contribution in [0.3, 0.4) is 0 Å². The first-order chi connectivity index (χ1) is 12.4. The molecule has 0 bridgehead atoms. The summed E-state index contributed by atoms with van der Waals surface area (Å²) in [6.45, 7) is 0.173. The van der Waals surface area contributed by atoms with Gasteiger partial charge < -0.3 is 10.1 Å². The second kappa shape index (κ2) is 7.30. The predicted octanol–water partition coefficient (Wildman–Crippen LogP) is 2.84. The van der Waals surface area contributed by atoms with Gasteiger partial charge in [0.05, 0.1) is 24.2 Å². The Morgan fingerprint density at radius 3 is 2.62 bits per heavy atom. The number of benzene rings is 1. The first kappa shape index (κ1) is 18.2. The molecule has 0 saturated carbocycles. The number of hydrogen-bond donors (Lipinski definition) is 1. The molecule has 0 radical (unpaired) electrons. The highest BCUT2D eigenvalue weighted by Gasteiger charge is 2.26. The van der Waals surface area contributed by atoms with Crippen LogP contribution in [0.2, 0.25) is 0 Å². The number of carbonyl (C=O) groups excluding carboxylic acids is 1. The van der Waals surface area contributed by atoms with Crippen LogP contribution in [0.25, 0.3) is 11.3 Å². The molecule has 2 heterocycles. The maximum absolute atomic E-state index is 13.1. The van der Waals surface area contributed by atoms with Crippen LogP contribution in [0.15, 0.2) is 57.8 Å². The molecule has 26 heavy (non-hydrogen) atoms. The molecule has 0 saturated heterocycles. The number of aromatic nitrogens is 2. The third-order valence-corrected chi connectivity index (χ3v) is 7.17. The van der Waals surface area contributed by atoms with Crippen LogP contribution in [-0.4, -0.2) is 31.4 Å². The van der Waals surface area contributed by atoms with Crippen LogP contribution in [0.4, 0.5) is 4.79 Å². The first-order valence-corrected chi connectivity index (χ1v) is 9.96. The Bertz CT molecular complexity index is 1020. The van der Waals surface area contributed by atoms with Crippen molar-refractivity contribution >= 4 is 27.3 Å². The van der Waals surface area contributed by atoms with E-state index in [2.05, 4.69) is 15.2 Å². The number of aryl methyl sites for hydroxylation is 1. The Hall–Kier alpha value is -2.65. The number of rotatable bonds is 5. The van der Waals surface area contributed by atoms with Gasteiger partial charge in [-0.05, 0) is 24.3 Å². The summed E-state index contributed by atoms with van der Waals surface area (Å²) in [5.74, 6) is 0. The molecule has 136 valence electrons. The minimum atomic E-state index is -3.70. The van der Waals surface area contributed by atoms with Gasteiger partial charge in [-0.3, -0.25) is 4.68 Å². The van der Waals surface area contributed by atoms with E-state index >= 15 is 0 Å². The zero-order chi connectivity index (χ0) is 18.7. The van der Waals surface area contributed by atoms with Crippen molar-refractivity contribution in [1.82, 2.24) is 15.1 Å². The number of ether oxygens (including phenoxy) is 1. The summed E-state index contributed by atoms with van der Waals surface area (Å²) in [7, 11) is -0.680. The zero-order valence-electron chi connectivity index (χ0n) is 14.2. The Morgan fingerprint density at radius 2 is 2.00 bits per heavy atom. The van der Waals surface area contributed by atoms with Gasteiger partial charge in [-0.2, -0.15) is 5.10 Å². The number of amides is 1. The lowest BCUT2D eigenvalue weighted by molar-refractivity contribution is 0.170. The van der Waals surface area contributed by atoms with E-state index < -0.39 is 15.9 Å². The van der Waals surface area contributed by atoms with E-state index in [0.717, 1.165) is 11.3 Å². The van der Waals surface area contributed by atoms with Gasteiger partial charge in [0, 0.05) is 23.7 Å². The summed E-state index contributed by atoms with van der Waals surface area (Å²) in [6.07, 6.45) is 1.03. The van der Waals surface area contributed by atoms with E-state index in [0.29, 0.717) is 16.1 Å². The normalized spacial score (nSPS) is 11.3. The smallest absolute Gasteiger partial charge is 0.407 e. The number of thiophene rings is 1. The van der Waals surface area contributed by atoms with Crippen LogP contribution in [-0.2, 0) is 28.2 Å². The number of nitrogens with one attached hydrogen (secondary N) is 1. The van der Waals surface area contributed by atoms with Gasteiger partial charge in [-0.25, -0.2) is 13.2 Å². The SMILES string of the molecule is COC(=O)NCc1cc(-c2ccnn2C)c(S(=O)(=O)c2ccccc2)s1. The standard InChI is InChI=1S/C17H17N3O4S2/c1-20-15(8-9-19-20)14-10-12(11-18-17(21)24-2)25-16(14)26(22,23)13-6-4-3-5-7-13/h3-10H,11H2,1-2H3,(H,18,21). The van der Waals surface area contributed by atoms with Gasteiger partial charge >= 0.3 is 6.09 Å². The number of hydrogen-bond acceptors (Lipinski definition) is 6. The Labute approximate surface area is 155 Å². The molecule has 0 aliphatic rings. The molecule has 1 aromatic carbocycles. The fraction of sp³-hybridized carbons (Fsp3) is 0.176. The van der Waals surface area contributed by atoms with E-state index in [9.17, 15) is 13.2 Å². The van der Waals surface area contributed by atoms with Crippen molar-refractivity contribution in [3.05, 3.63) is 53.5 Å². The lowest BCUT2D eigenvalue weighted by Crippen LogP contribution is -2.21. The summed E-state index contributed by atoms with van der Waals surface area (Å²) in [5, 5.41) is 6.69. The van der Waals surface area contributed by atoms with Crippen LogP contribution >= 0.6 is 11.3 Å². The molecule has 7 nitrogen and oxygen atoms in total. The first-order valence-electron chi connectivity index (χ1n) is 7.66. The number of sulfone groups is 1. The molecular weight excluding hydrogens is 374 g/mol. The number of nitrogens with zero attached hydrogens (tertiary/aromatic N) is 2. The topological polar surface area (TPSA) is 90.3 Å². The predicted molar refractivity (Wildman–Crippen MR) is 97.7 cm³/mol.